The zero-order chi connectivity index (χ0) is 23.6. The second-order valence-corrected chi connectivity index (χ2v) is 7.78. The molecule has 0 aliphatic heterocycles. The Balaban J connectivity index is 5.17. The lowest BCUT2D eigenvalue weighted by Crippen LogP contribution is -2.57. The van der Waals surface area contributed by atoms with Gasteiger partial charge < -0.3 is 32.5 Å². The molecule has 30 heavy (non-hydrogen) atoms. The van der Waals surface area contributed by atoms with Crippen molar-refractivity contribution >= 4 is 29.6 Å². The van der Waals surface area contributed by atoms with Crippen LogP contribution in [0.1, 0.15) is 53.9 Å². The van der Waals surface area contributed by atoms with Crippen LogP contribution in [-0.4, -0.2) is 58.9 Å². The van der Waals surface area contributed by atoms with E-state index in [1.54, 1.807) is 20.8 Å². The van der Waals surface area contributed by atoms with Crippen LogP contribution in [0.15, 0.2) is 0 Å². The number of nitrogens with two attached hydrogens (primary N) is 2. The van der Waals surface area contributed by atoms with Gasteiger partial charge in [0, 0.05) is 6.42 Å². The van der Waals surface area contributed by atoms with Gasteiger partial charge in [-0.2, -0.15) is 0 Å². The summed E-state index contributed by atoms with van der Waals surface area (Å²) < 4.78 is 0. The first kappa shape index (κ1) is 27.3. The number of carboxylic acids is 1. The summed E-state index contributed by atoms with van der Waals surface area (Å²) in [5.74, 6) is -4.29. The average Bonchev–Trinajstić information content (AvgIpc) is 2.66. The van der Waals surface area contributed by atoms with Crippen molar-refractivity contribution in [1.82, 2.24) is 16.0 Å². The number of carbonyl (C=O) groups excluding carboxylic acids is 4. The van der Waals surface area contributed by atoms with Crippen molar-refractivity contribution in [3.8, 4) is 0 Å². The highest BCUT2D eigenvalue weighted by Gasteiger charge is 2.30. The van der Waals surface area contributed by atoms with Crippen LogP contribution in [0, 0.1) is 11.8 Å². The van der Waals surface area contributed by atoms with Gasteiger partial charge in [-0.15, -0.1) is 0 Å². The molecule has 0 radical (unpaired) electrons. The van der Waals surface area contributed by atoms with Crippen molar-refractivity contribution in [3.63, 3.8) is 0 Å². The molecule has 0 bridgehead atoms. The highest BCUT2D eigenvalue weighted by atomic mass is 16.4. The molecule has 172 valence electrons. The van der Waals surface area contributed by atoms with E-state index < -0.39 is 53.8 Å². The number of aliphatic carboxylic acids is 1. The third-order valence-electron chi connectivity index (χ3n) is 4.85. The van der Waals surface area contributed by atoms with Crippen molar-refractivity contribution in [2.45, 2.75) is 78.0 Å². The number of hydrogen-bond acceptors (Lipinski definition) is 6. The van der Waals surface area contributed by atoms with Gasteiger partial charge >= 0.3 is 5.97 Å². The summed E-state index contributed by atoms with van der Waals surface area (Å²) in [5.41, 5.74) is 11.0. The predicted octanol–water partition coefficient (Wildman–Crippen LogP) is -1.16. The van der Waals surface area contributed by atoms with Crippen LogP contribution in [0.25, 0.3) is 0 Å². The fourth-order valence-corrected chi connectivity index (χ4v) is 2.51. The van der Waals surface area contributed by atoms with E-state index in [1.165, 1.54) is 6.92 Å². The number of rotatable bonds is 13. The molecule has 0 aromatic carbocycles. The Morgan fingerprint density at radius 3 is 1.90 bits per heavy atom. The largest absolute Gasteiger partial charge is 0.480 e. The highest BCUT2D eigenvalue weighted by Crippen LogP contribution is 2.07. The molecule has 0 aromatic rings. The number of carbonyl (C=O) groups is 5. The SMILES string of the molecule is CCC(C)C(N)C(=O)NC(CCC(N)=O)C(=O)NC(C)C(=O)NC(C(=O)O)C(C)C. The number of primary amides is 1. The maximum Gasteiger partial charge on any atom is 0.326 e. The van der Waals surface area contributed by atoms with Gasteiger partial charge in [0.15, 0.2) is 0 Å². The lowest BCUT2D eigenvalue weighted by molar-refractivity contribution is -0.143. The van der Waals surface area contributed by atoms with E-state index >= 15 is 0 Å². The van der Waals surface area contributed by atoms with Gasteiger partial charge in [-0.3, -0.25) is 19.2 Å². The van der Waals surface area contributed by atoms with E-state index in [-0.39, 0.29) is 24.7 Å². The van der Waals surface area contributed by atoms with Crippen LogP contribution in [0.2, 0.25) is 0 Å². The standard InChI is InChI=1S/C19H35N5O6/c1-6-10(4)14(21)18(28)23-12(7-8-13(20)25)17(27)22-11(5)16(26)24-15(9(2)3)19(29)30/h9-12,14-15H,6-8,21H2,1-5H3,(H2,20,25)(H,22,27)(H,23,28)(H,24,26)(H,29,30). The molecule has 0 fully saturated rings. The molecule has 8 N–H and O–H groups in total. The van der Waals surface area contributed by atoms with Crippen molar-refractivity contribution in [2.75, 3.05) is 0 Å². The predicted molar refractivity (Wildman–Crippen MR) is 110 cm³/mol. The van der Waals surface area contributed by atoms with Crippen molar-refractivity contribution < 1.29 is 29.1 Å². The van der Waals surface area contributed by atoms with Crippen LogP contribution < -0.4 is 27.4 Å². The first-order valence-electron chi connectivity index (χ1n) is 9.99. The Hall–Kier alpha value is -2.69. The van der Waals surface area contributed by atoms with E-state index in [0.717, 1.165) is 0 Å². The first-order chi connectivity index (χ1) is 13.8. The summed E-state index contributed by atoms with van der Waals surface area (Å²) in [6, 6.07) is -4.16. The van der Waals surface area contributed by atoms with Gasteiger partial charge in [0.1, 0.15) is 18.1 Å². The summed E-state index contributed by atoms with van der Waals surface area (Å²) in [6.07, 6.45) is 0.425. The Morgan fingerprint density at radius 1 is 0.900 bits per heavy atom. The summed E-state index contributed by atoms with van der Waals surface area (Å²) in [4.78, 5) is 59.6. The monoisotopic (exact) mass is 429 g/mol. The van der Waals surface area contributed by atoms with E-state index in [2.05, 4.69) is 16.0 Å². The summed E-state index contributed by atoms with van der Waals surface area (Å²) in [5, 5.41) is 16.5. The summed E-state index contributed by atoms with van der Waals surface area (Å²) in [6.45, 7) is 8.32. The third kappa shape index (κ3) is 9.21. The van der Waals surface area contributed by atoms with Gasteiger partial charge in [-0.05, 0) is 25.2 Å². The molecule has 0 aromatic heterocycles. The van der Waals surface area contributed by atoms with Gasteiger partial charge in [-0.1, -0.05) is 34.1 Å². The van der Waals surface area contributed by atoms with Crippen molar-refractivity contribution in [2.24, 2.45) is 23.3 Å². The Morgan fingerprint density at radius 2 is 1.47 bits per heavy atom. The lowest BCUT2D eigenvalue weighted by Gasteiger charge is -2.25. The second-order valence-electron chi connectivity index (χ2n) is 7.78. The minimum atomic E-state index is -1.19. The van der Waals surface area contributed by atoms with E-state index in [9.17, 15) is 29.1 Å². The Bertz CT molecular complexity index is 639. The number of amides is 4. The lowest BCUT2D eigenvalue weighted by atomic mass is 9.98. The number of carboxylic acid groups (broad SMARTS) is 1. The summed E-state index contributed by atoms with van der Waals surface area (Å²) >= 11 is 0. The normalized spacial score (nSPS) is 16.0. The van der Waals surface area contributed by atoms with E-state index in [1.807, 2.05) is 6.92 Å². The quantitative estimate of drug-likeness (QED) is 0.212. The fourth-order valence-electron chi connectivity index (χ4n) is 2.51. The molecule has 0 saturated heterocycles. The smallest absolute Gasteiger partial charge is 0.326 e. The van der Waals surface area contributed by atoms with Gasteiger partial charge in [0.05, 0.1) is 6.04 Å². The zero-order valence-electron chi connectivity index (χ0n) is 18.2. The van der Waals surface area contributed by atoms with E-state index in [4.69, 9.17) is 11.5 Å². The maximum absolute atomic E-state index is 12.6. The first-order valence-corrected chi connectivity index (χ1v) is 9.99. The second kappa shape index (κ2) is 12.8. The van der Waals surface area contributed by atoms with Gasteiger partial charge in [0.2, 0.25) is 23.6 Å². The van der Waals surface area contributed by atoms with Crippen LogP contribution in [-0.2, 0) is 24.0 Å². The zero-order valence-corrected chi connectivity index (χ0v) is 18.2. The summed E-state index contributed by atoms with van der Waals surface area (Å²) in [7, 11) is 0. The molecular formula is C19H35N5O6. The number of nitrogens with one attached hydrogen (secondary N) is 3. The molecule has 0 aliphatic carbocycles. The Kier molecular flexibility index (Phi) is 11.6. The van der Waals surface area contributed by atoms with Crippen molar-refractivity contribution in [1.29, 1.82) is 0 Å². The van der Waals surface area contributed by atoms with Crippen LogP contribution >= 0.6 is 0 Å². The molecule has 5 atom stereocenters. The molecule has 11 heteroatoms. The highest BCUT2D eigenvalue weighted by molar-refractivity contribution is 5.94. The minimum Gasteiger partial charge on any atom is -0.480 e. The van der Waals surface area contributed by atoms with E-state index in [0.29, 0.717) is 6.42 Å². The average molecular weight is 430 g/mol. The molecule has 0 saturated carbocycles. The molecule has 0 rings (SSSR count). The van der Waals surface area contributed by atoms with Gasteiger partial charge in [-0.25, -0.2) is 4.79 Å². The van der Waals surface area contributed by atoms with Crippen molar-refractivity contribution in [3.05, 3.63) is 0 Å². The number of hydrogen-bond donors (Lipinski definition) is 6. The van der Waals surface area contributed by atoms with Crippen LogP contribution in [0.4, 0.5) is 0 Å². The Labute approximate surface area is 176 Å². The maximum atomic E-state index is 12.6. The molecule has 0 spiro atoms. The topological polar surface area (TPSA) is 194 Å². The third-order valence-corrected chi connectivity index (χ3v) is 4.85. The molecule has 5 unspecified atom stereocenters. The van der Waals surface area contributed by atoms with Crippen LogP contribution in [0.5, 0.6) is 0 Å². The molecule has 0 heterocycles. The van der Waals surface area contributed by atoms with Crippen LogP contribution in [0.3, 0.4) is 0 Å². The molecule has 4 amide bonds. The fraction of sp³-hybridized carbons (Fsp3) is 0.737. The molecule has 11 nitrogen and oxygen atoms in total. The van der Waals surface area contributed by atoms with Gasteiger partial charge in [0.25, 0.3) is 0 Å². The minimum absolute atomic E-state index is 0.0712. The molecule has 0 aliphatic rings. The molecular weight excluding hydrogens is 394 g/mol.